The van der Waals surface area contributed by atoms with E-state index in [1.54, 1.807) is 6.92 Å². The van der Waals surface area contributed by atoms with E-state index in [2.05, 4.69) is 18.7 Å². The first-order chi connectivity index (χ1) is 7.15. The van der Waals surface area contributed by atoms with Crippen molar-refractivity contribution in [3.05, 3.63) is 11.8 Å². The summed E-state index contributed by atoms with van der Waals surface area (Å²) in [6, 6.07) is 0. The molecule has 0 aliphatic rings. The summed E-state index contributed by atoms with van der Waals surface area (Å²) in [5.74, 6) is -0.963. The molecule has 4 nitrogen and oxygen atoms in total. The lowest BCUT2D eigenvalue weighted by Gasteiger charge is -2.17. The van der Waals surface area contributed by atoms with Gasteiger partial charge in [0, 0.05) is 6.54 Å². The van der Waals surface area contributed by atoms with Crippen LogP contribution in [-0.4, -0.2) is 42.2 Å². The molecular formula is C11H22FNO3. The molecule has 0 spiro atoms. The third kappa shape index (κ3) is 7.23. The lowest BCUT2D eigenvalue weighted by Crippen LogP contribution is -2.25. The number of allylic oxidation sites excluding steroid dienone is 1. The topological polar surface area (TPSA) is 49.8 Å². The number of rotatable bonds is 7. The van der Waals surface area contributed by atoms with Crippen molar-refractivity contribution < 1.29 is 19.3 Å². The van der Waals surface area contributed by atoms with Gasteiger partial charge in [0.15, 0.2) is 5.76 Å². The minimum Gasteiger partial charge on any atom is -0.502 e. The molecule has 5 heteroatoms. The quantitative estimate of drug-likeness (QED) is 0.317. The van der Waals surface area contributed by atoms with Gasteiger partial charge in [-0.25, -0.2) is 4.79 Å². The molecule has 0 aromatic carbocycles. The summed E-state index contributed by atoms with van der Waals surface area (Å²) in [6.07, 6.45) is 2.12. The van der Waals surface area contributed by atoms with E-state index in [0.717, 1.165) is 26.1 Å². The maximum absolute atomic E-state index is 11.0. The molecule has 0 aromatic heterocycles. The Kier molecular flexibility index (Phi) is 11.3. The van der Waals surface area contributed by atoms with E-state index in [1.165, 1.54) is 6.08 Å². The second-order valence-corrected chi connectivity index (χ2v) is 3.19. The number of hydrogen-bond donors (Lipinski definition) is 1. The van der Waals surface area contributed by atoms with Gasteiger partial charge in [-0.15, -0.1) is 0 Å². The van der Waals surface area contributed by atoms with Gasteiger partial charge in [-0.3, -0.25) is 4.70 Å². The van der Waals surface area contributed by atoms with Gasteiger partial charge in [-0.2, -0.15) is 0 Å². The van der Waals surface area contributed by atoms with Crippen molar-refractivity contribution >= 4 is 5.97 Å². The summed E-state index contributed by atoms with van der Waals surface area (Å²) >= 11 is 0. The van der Waals surface area contributed by atoms with E-state index < -0.39 is 5.97 Å². The number of hydrogen-bond acceptors (Lipinski definition) is 4. The van der Waals surface area contributed by atoms with Crippen LogP contribution >= 0.6 is 0 Å². The van der Waals surface area contributed by atoms with Crippen molar-refractivity contribution in [1.29, 1.82) is 0 Å². The summed E-state index contributed by atoms with van der Waals surface area (Å²) < 4.78 is 4.85. The zero-order chi connectivity index (χ0) is 11.7. The van der Waals surface area contributed by atoms with Gasteiger partial charge in [-0.1, -0.05) is 13.8 Å². The largest absolute Gasteiger partial charge is 0.502 e. The standard InChI is InChI=1S/C11H21NO3.FH/c1-4-10(13)11(14)15-9-7-8-12(5-2)6-3;/h4,13H,5-9H2,1-3H3;1H. The molecule has 0 bridgehead atoms. The molecule has 0 fully saturated rings. The number of aliphatic hydroxyl groups excluding tert-OH is 1. The van der Waals surface area contributed by atoms with Gasteiger partial charge in [0.1, 0.15) is 0 Å². The van der Waals surface area contributed by atoms with Crippen molar-refractivity contribution in [3.8, 4) is 0 Å². The molecule has 0 saturated heterocycles. The summed E-state index contributed by atoms with van der Waals surface area (Å²) in [5.41, 5.74) is 0. The first kappa shape index (κ1) is 17.3. The van der Waals surface area contributed by atoms with E-state index >= 15 is 0 Å². The molecule has 0 heterocycles. The number of carbonyl (C=O) groups is 1. The number of nitrogens with zero attached hydrogens (tertiary/aromatic N) is 1. The highest BCUT2D eigenvalue weighted by molar-refractivity contribution is 5.85. The Labute approximate surface area is 96.3 Å². The molecule has 0 amide bonds. The van der Waals surface area contributed by atoms with Gasteiger partial charge in [0.05, 0.1) is 6.61 Å². The van der Waals surface area contributed by atoms with Gasteiger partial charge >= 0.3 is 5.97 Å². The summed E-state index contributed by atoms with van der Waals surface area (Å²) in [5, 5.41) is 9.00. The minimum atomic E-state index is -0.642. The van der Waals surface area contributed by atoms with Crippen LogP contribution in [0.15, 0.2) is 11.8 Å². The van der Waals surface area contributed by atoms with Crippen molar-refractivity contribution in [1.82, 2.24) is 4.90 Å². The molecule has 0 aromatic rings. The Morgan fingerprint density at radius 1 is 1.38 bits per heavy atom. The van der Waals surface area contributed by atoms with Crippen molar-refractivity contribution in [2.24, 2.45) is 0 Å². The first-order valence-electron chi connectivity index (χ1n) is 5.40. The van der Waals surface area contributed by atoms with Crippen LogP contribution in [0, 0.1) is 0 Å². The van der Waals surface area contributed by atoms with E-state index in [-0.39, 0.29) is 10.5 Å². The van der Waals surface area contributed by atoms with Crippen molar-refractivity contribution in [2.45, 2.75) is 27.2 Å². The highest BCUT2D eigenvalue weighted by atomic mass is 19.0. The first-order valence-corrected chi connectivity index (χ1v) is 5.40. The smallest absolute Gasteiger partial charge is 0.373 e. The van der Waals surface area contributed by atoms with Crippen LogP contribution in [0.5, 0.6) is 0 Å². The van der Waals surface area contributed by atoms with Crippen LogP contribution in [0.25, 0.3) is 0 Å². The van der Waals surface area contributed by atoms with Crippen LogP contribution < -0.4 is 0 Å². The van der Waals surface area contributed by atoms with Gasteiger partial charge in [0.2, 0.25) is 0 Å². The zero-order valence-corrected chi connectivity index (χ0v) is 10.2. The van der Waals surface area contributed by atoms with Gasteiger partial charge < -0.3 is 14.7 Å². The summed E-state index contributed by atoms with van der Waals surface area (Å²) in [4.78, 5) is 13.3. The number of esters is 1. The highest BCUT2D eigenvalue weighted by Crippen LogP contribution is 1.95. The number of ether oxygens (including phenoxy) is 1. The summed E-state index contributed by atoms with van der Waals surface area (Å²) in [6.45, 7) is 9.06. The molecule has 1 N–H and O–H groups in total. The van der Waals surface area contributed by atoms with Crippen LogP contribution in [0.3, 0.4) is 0 Å². The Bertz CT molecular complexity index is 215. The molecule has 0 aliphatic heterocycles. The average molecular weight is 235 g/mol. The number of carbonyl (C=O) groups excluding carboxylic acids is 1. The fourth-order valence-corrected chi connectivity index (χ4v) is 1.18. The number of halogens is 1. The highest BCUT2D eigenvalue weighted by Gasteiger charge is 2.07. The van der Waals surface area contributed by atoms with Crippen LogP contribution in [0.1, 0.15) is 27.2 Å². The molecular weight excluding hydrogens is 213 g/mol. The van der Waals surface area contributed by atoms with Crippen molar-refractivity contribution in [2.75, 3.05) is 26.2 Å². The molecule has 0 radical (unpaired) electrons. The number of aliphatic hydroxyl groups is 1. The van der Waals surface area contributed by atoms with E-state index in [1.807, 2.05) is 0 Å². The molecule has 96 valence electrons. The molecule has 0 atom stereocenters. The third-order valence-corrected chi connectivity index (χ3v) is 2.23. The molecule has 0 saturated carbocycles. The SMILES string of the molecule is CC=C(O)C(=O)OCCCN(CC)CC.F. The van der Waals surface area contributed by atoms with Gasteiger partial charge in [-0.05, 0) is 32.5 Å². The Balaban J connectivity index is 0. The Morgan fingerprint density at radius 2 is 1.94 bits per heavy atom. The van der Waals surface area contributed by atoms with E-state index in [9.17, 15) is 4.79 Å². The molecule has 16 heavy (non-hydrogen) atoms. The van der Waals surface area contributed by atoms with E-state index in [0.29, 0.717) is 6.61 Å². The summed E-state index contributed by atoms with van der Waals surface area (Å²) in [7, 11) is 0. The third-order valence-electron chi connectivity index (χ3n) is 2.23. The van der Waals surface area contributed by atoms with E-state index in [4.69, 9.17) is 9.84 Å². The molecule has 0 rings (SSSR count). The minimum absolute atomic E-state index is 0. The lowest BCUT2D eigenvalue weighted by molar-refractivity contribution is -0.142. The maximum Gasteiger partial charge on any atom is 0.373 e. The zero-order valence-electron chi connectivity index (χ0n) is 10.2. The second-order valence-electron chi connectivity index (χ2n) is 3.19. The van der Waals surface area contributed by atoms with Crippen LogP contribution in [-0.2, 0) is 9.53 Å². The van der Waals surface area contributed by atoms with Gasteiger partial charge in [0.25, 0.3) is 0 Å². The maximum atomic E-state index is 11.0. The second kappa shape index (κ2) is 10.4. The average Bonchev–Trinajstić information content (AvgIpc) is 2.27. The monoisotopic (exact) mass is 235 g/mol. The molecule has 0 unspecified atom stereocenters. The van der Waals surface area contributed by atoms with Crippen molar-refractivity contribution in [3.63, 3.8) is 0 Å². The normalized spacial score (nSPS) is 11.1. The fraction of sp³-hybridized carbons (Fsp3) is 0.727. The fourth-order valence-electron chi connectivity index (χ4n) is 1.18. The Hall–Kier alpha value is -1.10. The molecule has 0 aliphatic carbocycles. The predicted octanol–water partition coefficient (Wildman–Crippen LogP) is 1.88. The Morgan fingerprint density at radius 3 is 2.38 bits per heavy atom. The van der Waals surface area contributed by atoms with Crippen LogP contribution in [0.2, 0.25) is 0 Å². The predicted molar refractivity (Wildman–Crippen MR) is 62.3 cm³/mol. The van der Waals surface area contributed by atoms with Crippen LogP contribution in [0.4, 0.5) is 4.70 Å². The lowest BCUT2D eigenvalue weighted by atomic mass is 10.4.